The van der Waals surface area contributed by atoms with E-state index in [9.17, 15) is 4.79 Å². The van der Waals surface area contributed by atoms with E-state index < -0.39 is 0 Å². The van der Waals surface area contributed by atoms with Gasteiger partial charge in [-0.2, -0.15) is 0 Å². The van der Waals surface area contributed by atoms with Crippen LogP contribution in [0.25, 0.3) is 0 Å². The van der Waals surface area contributed by atoms with Crippen molar-refractivity contribution in [3.05, 3.63) is 65.2 Å². The largest absolute Gasteiger partial charge is 0.370 e. The molecule has 138 valence electrons. The lowest BCUT2D eigenvalue weighted by Gasteiger charge is -2.14. The van der Waals surface area contributed by atoms with Gasteiger partial charge in [0.1, 0.15) is 6.54 Å². The van der Waals surface area contributed by atoms with Crippen LogP contribution in [0.4, 0.5) is 5.69 Å². The van der Waals surface area contributed by atoms with E-state index in [1.165, 1.54) is 16.7 Å². The lowest BCUT2D eigenvalue weighted by atomic mass is 10.0. The zero-order valence-electron chi connectivity index (χ0n) is 15.6. The van der Waals surface area contributed by atoms with Crippen molar-refractivity contribution in [1.82, 2.24) is 5.32 Å². The van der Waals surface area contributed by atoms with Crippen LogP contribution in [-0.4, -0.2) is 25.0 Å². The van der Waals surface area contributed by atoms with Gasteiger partial charge in [-0.25, -0.2) is 4.99 Å². The number of hydrogen-bond donors (Lipinski definition) is 3. The summed E-state index contributed by atoms with van der Waals surface area (Å²) in [7, 11) is 0. The summed E-state index contributed by atoms with van der Waals surface area (Å²) < 4.78 is 0. The summed E-state index contributed by atoms with van der Waals surface area (Å²) in [6, 6.07) is 16.3. The zero-order valence-corrected chi connectivity index (χ0v) is 15.6. The Morgan fingerprint density at radius 1 is 1.00 bits per heavy atom. The minimum Gasteiger partial charge on any atom is -0.370 e. The fourth-order valence-corrected chi connectivity index (χ4v) is 2.77. The molecule has 5 nitrogen and oxygen atoms in total. The molecule has 2 rings (SSSR count). The van der Waals surface area contributed by atoms with E-state index >= 15 is 0 Å². The molecule has 26 heavy (non-hydrogen) atoms. The number of nitrogens with one attached hydrogen (secondary N) is 2. The molecule has 5 heteroatoms. The van der Waals surface area contributed by atoms with Crippen LogP contribution in [0.2, 0.25) is 0 Å². The molecular weight excluding hydrogens is 324 g/mol. The Morgan fingerprint density at radius 3 is 2.27 bits per heavy atom. The van der Waals surface area contributed by atoms with Gasteiger partial charge in [0.25, 0.3) is 0 Å². The maximum Gasteiger partial charge on any atom is 0.241 e. The van der Waals surface area contributed by atoms with Crippen LogP contribution in [0.1, 0.15) is 30.5 Å². The molecule has 4 N–H and O–H groups in total. The number of carbonyl (C=O) groups excluding carboxylic acids is 1. The van der Waals surface area contributed by atoms with Gasteiger partial charge in [0.2, 0.25) is 5.91 Å². The third-order valence-corrected chi connectivity index (χ3v) is 4.22. The number of guanidine groups is 1. The minimum absolute atomic E-state index is 0.0172. The number of hydrogen-bond acceptors (Lipinski definition) is 2. The number of amides is 1. The standard InChI is InChI=1S/C21H28N4O/c1-3-17-11-8-12-18(4-2)20(17)25-21(22)24-15-19(26)23-14-13-16-9-6-5-7-10-16/h5-12H,3-4,13-15H2,1-2H3,(H,23,26)(H3,22,24,25). The number of nitrogens with two attached hydrogens (primary N) is 1. The Balaban J connectivity index is 1.85. The average Bonchev–Trinajstić information content (AvgIpc) is 2.67. The predicted molar refractivity (Wildman–Crippen MR) is 108 cm³/mol. The summed E-state index contributed by atoms with van der Waals surface area (Å²) in [5.41, 5.74) is 10.6. The normalized spacial score (nSPS) is 11.2. The highest BCUT2D eigenvalue weighted by Gasteiger charge is 2.07. The second kappa shape index (κ2) is 10.2. The van der Waals surface area contributed by atoms with Gasteiger partial charge in [0.05, 0.1) is 0 Å². The smallest absolute Gasteiger partial charge is 0.241 e. The monoisotopic (exact) mass is 352 g/mol. The topological polar surface area (TPSA) is 79.5 Å². The van der Waals surface area contributed by atoms with Crippen molar-refractivity contribution < 1.29 is 4.79 Å². The van der Waals surface area contributed by atoms with Crippen molar-refractivity contribution in [1.29, 1.82) is 0 Å². The lowest BCUT2D eigenvalue weighted by molar-refractivity contribution is -0.119. The first kappa shape index (κ1) is 19.5. The van der Waals surface area contributed by atoms with E-state index in [-0.39, 0.29) is 18.4 Å². The number of aliphatic imine (C=N–C) groups is 1. The van der Waals surface area contributed by atoms with Crippen LogP contribution in [0.15, 0.2) is 53.5 Å². The fourth-order valence-electron chi connectivity index (χ4n) is 2.77. The van der Waals surface area contributed by atoms with Crippen LogP contribution < -0.4 is 16.4 Å². The van der Waals surface area contributed by atoms with Gasteiger partial charge in [0, 0.05) is 12.2 Å². The molecule has 0 aliphatic rings. The van der Waals surface area contributed by atoms with Gasteiger partial charge in [-0.05, 0) is 36.0 Å². The molecule has 0 bridgehead atoms. The SMILES string of the molecule is CCc1cccc(CC)c1NC(N)=NCC(=O)NCCc1ccccc1. The van der Waals surface area contributed by atoms with Crippen molar-refractivity contribution in [2.45, 2.75) is 33.1 Å². The molecule has 0 unspecified atom stereocenters. The molecule has 0 heterocycles. The molecular formula is C21H28N4O. The first-order valence-electron chi connectivity index (χ1n) is 9.12. The molecule has 0 fully saturated rings. The average molecular weight is 352 g/mol. The third kappa shape index (κ3) is 5.92. The van der Waals surface area contributed by atoms with Crippen molar-refractivity contribution in [2.24, 2.45) is 10.7 Å². The molecule has 1 amide bonds. The Kier molecular flexibility index (Phi) is 7.68. The van der Waals surface area contributed by atoms with Crippen LogP contribution in [0.3, 0.4) is 0 Å². The van der Waals surface area contributed by atoms with E-state index in [0.717, 1.165) is 24.9 Å². The molecule has 2 aromatic rings. The van der Waals surface area contributed by atoms with E-state index in [2.05, 4.69) is 47.7 Å². The fraction of sp³-hybridized carbons (Fsp3) is 0.333. The number of benzene rings is 2. The van der Waals surface area contributed by atoms with Crippen molar-refractivity contribution in [3.63, 3.8) is 0 Å². The van der Waals surface area contributed by atoms with Crippen LogP contribution >= 0.6 is 0 Å². The van der Waals surface area contributed by atoms with Crippen molar-refractivity contribution in [3.8, 4) is 0 Å². The van der Waals surface area contributed by atoms with Crippen molar-refractivity contribution >= 4 is 17.6 Å². The quantitative estimate of drug-likeness (QED) is 0.505. The van der Waals surface area contributed by atoms with Gasteiger partial charge in [-0.1, -0.05) is 62.4 Å². The van der Waals surface area contributed by atoms with Gasteiger partial charge in [-0.15, -0.1) is 0 Å². The first-order valence-corrected chi connectivity index (χ1v) is 9.12. The Hall–Kier alpha value is -2.82. The number of anilines is 1. The second-order valence-electron chi connectivity index (χ2n) is 6.07. The first-order chi connectivity index (χ1) is 12.6. The molecule has 0 aliphatic heterocycles. The molecule has 0 aliphatic carbocycles. The van der Waals surface area contributed by atoms with E-state index in [1.54, 1.807) is 0 Å². The maximum absolute atomic E-state index is 11.9. The predicted octanol–water partition coefficient (Wildman–Crippen LogP) is 2.90. The third-order valence-electron chi connectivity index (χ3n) is 4.22. The van der Waals surface area contributed by atoms with Gasteiger partial charge in [-0.3, -0.25) is 4.79 Å². The molecule has 0 radical (unpaired) electrons. The van der Waals surface area contributed by atoms with Crippen LogP contribution in [0.5, 0.6) is 0 Å². The Bertz CT molecular complexity index is 719. The highest BCUT2D eigenvalue weighted by molar-refractivity contribution is 5.95. The summed E-state index contributed by atoms with van der Waals surface area (Å²) in [6.45, 7) is 4.81. The molecule has 0 spiro atoms. The summed E-state index contributed by atoms with van der Waals surface area (Å²) in [4.78, 5) is 16.1. The summed E-state index contributed by atoms with van der Waals surface area (Å²) in [5.74, 6) is 0.129. The molecule has 0 atom stereocenters. The van der Waals surface area contributed by atoms with E-state index in [0.29, 0.717) is 6.54 Å². The number of para-hydroxylation sites is 1. The van der Waals surface area contributed by atoms with Crippen molar-refractivity contribution in [2.75, 3.05) is 18.4 Å². The summed E-state index contributed by atoms with van der Waals surface area (Å²) >= 11 is 0. The van der Waals surface area contributed by atoms with Gasteiger partial charge >= 0.3 is 0 Å². The van der Waals surface area contributed by atoms with Gasteiger partial charge in [0.15, 0.2) is 5.96 Å². The zero-order chi connectivity index (χ0) is 18.8. The highest BCUT2D eigenvalue weighted by Crippen LogP contribution is 2.22. The molecule has 2 aromatic carbocycles. The Morgan fingerprint density at radius 2 is 1.65 bits per heavy atom. The minimum atomic E-state index is -0.134. The number of carbonyl (C=O) groups is 1. The number of rotatable bonds is 8. The van der Waals surface area contributed by atoms with Gasteiger partial charge < -0.3 is 16.4 Å². The van der Waals surface area contributed by atoms with E-state index in [1.807, 2.05) is 30.3 Å². The summed E-state index contributed by atoms with van der Waals surface area (Å²) in [6.07, 6.45) is 2.61. The number of nitrogens with zero attached hydrogens (tertiary/aromatic N) is 1. The lowest BCUT2D eigenvalue weighted by Crippen LogP contribution is -2.30. The second-order valence-corrected chi connectivity index (χ2v) is 6.07. The number of aryl methyl sites for hydroxylation is 2. The Labute approximate surface area is 155 Å². The molecule has 0 saturated heterocycles. The van der Waals surface area contributed by atoms with Crippen LogP contribution in [-0.2, 0) is 24.1 Å². The van der Waals surface area contributed by atoms with E-state index in [4.69, 9.17) is 5.73 Å². The highest BCUT2D eigenvalue weighted by atomic mass is 16.1. The molecule has 0 saturated carbocycles. The maximum atomic E-state index is 11.9. The van der Waals surface area contributed by atoms with Crippen LogP contribution in [0, 0.1) is 0 Å². The molecule has 0 aromatic heterocycles. The summed E-state index contributed by atoms with van der Waals surface area (Å²) in [5, 5.41) is 6.03.